The average Bonchev–Trinajstić information content (AvgIpc) is 2.93. The summed E-state index contributed by atoms with van der Waals surface area (Å²) in [5, 5.41) is 0. The lowest BCUT2D eigenvalue weighted by molar-refractivity contribution is 0.231. The zero-order valence-electron chi connectivity index (χ0n) is 19.3. The molecule has 0 radical (unpaired) electrons. The van der Waals surface area contributed by atoms with E-state index in [1.165, 1.54) is 5.56 Å². The Morgan fingerprint density at radius 1 is 1.03 bits per heavy atom. The molecule has 0 spiro atoms. The maximum absolute atomic E-state index is 11.4. The number of anilines is 1. The fourth-order valence-electron chi connectivity index (χ4n) is 3.77. The predicted octanol–water partition coefficient (Wildman–Crippen LogP) is 4.60. The van der Waals surface area contributed by atoms with Crippen LogP contribution in [-0.4, -0.2) is 39.8 Å². The topological polar surface area (TPSA) is 80.2 Å². The molecule has 34 heavy (non-hydrogen) atoms. The molecule has 1 unspecified atom stereocenters. The van der Waals surface area contributed by atoms with Gasteiger partial charge in [-0.05, 0) is 46.5 Å². The van der Waals surface area contributed by atoms with Crippen LogP contribution in [0.3, 0.4) is 0 Å². The molecule has 7 nitrogen and oxygen atoms in total. The van der Waals surface area contributed by atoms with Gasteiger partial charge in [0.2, 0.25) is 10.0 Å². The molecule has 0 aliphatic carbocycles. The van der Waals surface area contributed by atoms with E-state index in [2.05, 4.69) is 16.9 Å². The second kappa shape index (κ2) is 10.8. The summed E-state index contributed by atoms with van der Waals surface area (Å²) in [6, 6.07) is 23.7. The molecule has 0 saturated heterocycles. The van der Waals surface area contributed by atoms with Gasteiger partial charge in [-0.3, -0.25) is 4.72 Å². The first-order valence-corrected chi connectivity index (χ1v) is 12.4. The Balaban J connectivity index is 0.00000324. The van der Waals surface area contributed by atoms with Crippen LogP contribution in [0.4, 0.5) is 5.69 Å². The van der Waals surface area contributed by atoms with Crippen molar-refractivity contribution >= 4 is 34.1 Å². The minimum atomic E-state index is -3.31. The third-order valence-electron chi connectivity index (χ3n) is 5.38. The summed E-state index contributed by atoms with van der Waals surface area (Å²) < 4.78 is 36.7. The highest BCUT2D eigenvalue weighted by Gasteiger charge is 2.24. The van der Waals surface area contributed by atoms with Gasteiger partial charge in [0.05, 0.1) is 13.4 Å². The van der Waals surface area contributed by atoms with E-state index in [0.29, 0.717) is 24.9 Å². The van der Waals surface area contributed by atoms with Crippen molar-refractivity contribution in [2.75, 3.05) is 25.1 Å². The summed E-state index contributed by atoms with van der Waals surface area (Å²) >= 11 is 0. The number of rotatable bonds is 6. The monoisotopic (exact) mass is 501 g/mol. The molecule has 180 valence electrons. The van der Waals surface area contributed by atoms with Gasteiger partial charge in [0.1, 0.15) is 18.4 Å². The van der Waals surface area contributed by atoms with E-state index in [0.717, 1.165) is 28.7 Å². The Kier molecular flexibility index (Phi) is 8.06. The number of benzene rings is 3. The van der Waals surface area contributed by atoms with E-state index in [1.54, 1.807) is 19.2 Å². The van der Waals surface area contributed by atoms with Crippen molar-refractivity contribution in [3.8, 4) is 5.75 Å². The van der Waals surface area contributed by atoms with Crippen LogP contribution in [0.1, 0.15) is 28.3 Å². The Labute approximate surface area is 206 Å². The zero-order valence-corrected chi connectivity index (χ0v) is 20.9. The van der Waals surface area contributed by atoms with Gasteiger partial charge in [-0.25, -0.2) is 13.4 Å². The van der Waals surface area contributed by atoms with E-state index >= 15 is 0 Å². The molecular weight excluding hydrogens is 474 g/mol. The fourth-order valence-corrected chi connectivity index (χ4v) is 4.33. The first kappa shape index (κ1) is 25.4. The summed E-state index contributed by atoms with van der Waals surface area (Å²) in [5.74, 6) is 0.798. The lowest BCUT2D eigenvalue weighted by Crippen LogP contribution is -2.27. The fraction of sp³-hybridized carbons (Fsp3) is 0.240. The molecule has 9 heteroatoms. The molecule has 1 N–H and O–H groups in total. The molecule has 1 aliphatic rings. The maximum Gasteiger partial charge on any atom is 0.288 e. The Hall–Kier alpha value is -3.23. The van der Waals surface area contributed by atoms with E-state index in [1.807, 2.05) is 60.5 Å². The lowest BCUT2D eigenvalue weighted by atomic mass is 9.95. The molecule has 1 heterocycles. The van der Waals surface area contributed by atoms with Crippen molar-refractivity contribution in [2.24, 2.45) is 4.99 Å². The number of halogens is 1. The molecule has 3 aromatic carbocycles. The third-order valence-corrected chi connectivity index (χ3v) is 5.99. The van der Waals surface area contributed by atoms with Crippen LogP contribution in [0.2, 0.25) is 0 Å². The summed E-state index contributed by atoms with van der Waals surface area (Å²) in [7, 11) is 0.306. The first-order chi connectivity index (χ1) is 15.8. The lowest BCUT2D eigenvalue weighted by Gasteiger charge is -2.20. The number of hydrogen-bond donors (Lipinski definition) is 1. The van der Waals surface area contributed by atoms with Crippen LogP contribution >= 0.6 is 12.4 Å². The van der Waals surface area contributed by atoms with Gasteiger partial charge in [0.25, 0.3) is 6.02 Å². The van der Waals surface area contributed by atoms with Crippen molar-refractivity contribution in [3.63, 3.8) is 0 Å². The number of aliphatic imine (C=N–C) groups is 1. The Morgan fingerprint density at radius 2 is 1.71 bits per heavy atom. The van der Waals surface area contributed by atoms with Gasteiger partial charge in [-0.2, -0.15) is 0 Å². The Morgan fingerprint density at radius 3 is 2.35 bits per heavy atom. The van der Waals surface area contributed by atoms with Gasteiger partial charge in [-0.1, -0.05) is 48.5 Å². The number of hydrogen-bond acceptors (Lipinski definition) is 6. The molecule has 1 atom stereocenters. The van der Waals surface area contributed by atoms with Crippen molar-refractivity contribution in [3.05, 3.63) is 95.1 Å². The van der Waals surface area contributed by atoms with Crippen LogP contribution in [-0.2, 0) is 27.9 Å². The summed E-state index contributed by atoms with van der Waals surface area (Å²) in [5.41, 5.74) is 4.81. The normalized spacial score (nSPS) is 15.3. The number of nitrogens with zero attached hydrogens (tertiary/aromatic N) is 2. The van der Waals surface area contributed by atoms with Gasteiger partial charge in [-0.15, -0.1) is 12.4 Å². The van der Waals surface area contributed by atoms with E-state index in [9.17, 15) is 8.42 Å². The summed E-state index contributed by atoms with van der Waals surface area (Å²) in [6.45, 7) is 0.993. The van der Waals surface area contributed by atoms with Crippen molar-refractivity contribution in [1.29, 1.82) is 0 Å². The molecule has 0 fully saturated rings. The number of amidine groups is 1. The highest BCUT2D eigenvalue weighted by atomic mass is 35.5. The molecule has 4 rings (SSSR count). The SMILES string of the molecule is COc1ccc(C2N=C(OCc3ccc(NS(C)(=O)=O)cc3)N(C)Cc3ccccc32)cc1.Cl. The smallest absolute Gasteiger partial charge is 0.288 e. The van der Waals surface area contributed by atoms with Gasteiger partial charge in [0, 0.05) is 19.3 Å². The largest absolute Gasteiger partial charge is 0.497 e. The average molecular weight is 502 g/mol. The van der Waals surface area contributed by atoms with E-state index in [4.69, 9.17) is 14.5 Å². The molecule has 0 saturated carbocycles. The minimum Gasteiger partial charge on any atom is -0.497 e. The quantitative estimate of drug-likeness (QED) is 0.534. The molecule has 0 aromatic heterocycles. The van der Waals surface area contributed by atoms with Crippen molar-refractivity contribution in [2.45, 2.75) is 19.2 Å². The number of methoxy groups -OCH3 is 1. The van der Waals surface area contributed by atoms with Gasteiger partial charge < -0.3 is 14.4 Å². The van der Waals surface area contributed by atoms with Crippen molar-refractivity contribution in [1.82, 2.24) is 4.90 Å². The third kappa shape index (κ3) is 6.21. The van der Waals surface area contributed by atoms with Gasteiger partial charge >= 0.3 is 0 Å². The second-order valence-electron chi connectivity index (χ2n) is 8.00. The molecule has 3 aromatic rings. The maximum atomic E-state index is 11.4. The number of sulfonamides is 1. The van der Waals surface area contributed by atoms with E-state index in [-0.39, 0.29) is 18.4 Å². The predicted molar refractivity (Wildman–Crippen MR) is 137 cm³/mol. The summed E-state index contributed by atoms with van der Waals surface area (Å²) in [4.78, 5) is 6.99. The number of fused-ring (bicyclic) bond motifs is 1. The van der Waals surface area contributed by atoms with E-state index < -0.39 is 10.0 Å². The van der Waals surface area contributed by atoms with Crippen LogP contribution < -0.4 is 9.46 Å². The minimum absolute atomic E-state index is 0. The molecular formula is C25H28ClN3O4S. The highest BCUT2D eigenvalue weighted by Crippen LogP contribution is 2.33. The molecule has 1 aliphatic heterocycles. The standard InChI is InChI=1S/C25H27N3O4S.ClH/c1-28-16-20-6-4-5-7-23(20)24(19-10-14-22(31-2)15-11-19)26-25(28)32-17-18-8-12-21(13-9-18)27-33(3,29)30;/h4-15,24,27H,16-17H2,1-3H3;1H. The number of ether oxygens (including phenoxy) is 2. The van der Waals surface area contributed by atoms with Crippen LogP contribution in [0.15, 0.2) is 77.8 Å². The Bertz CT molecular complexity index is 1250. The van der Waals surface area contributed by atoms with Crippen LogP contribution in [0.25, 0.3) is 0 Å². The second-order valence-corrected chi connectivity index (χ2v) is 9.75. The zero-order chi connectivity index (χ0) is 23.4. The van der Waals surface area contributed by atoms with Crippen molar-refractivity contribution < 1.29 is 17.9 Å². The van der Waals surface area contributed by atoms with Crippen LogP contribution in [0.5, 0.6) is 5.75 Å². The molecule has 0 amide bonds. The van der Waals surface area contributed by atoms with Crippen LogP contribution in [0, 0.1) is 0 Å². The molecule has 0 bridgehead atoms. The number of nitrogens with one attached hydrogen (secondary N) is 1. The highest BCUT2D eigenvalue weighted by molar-refractivity contribution is 7.92. The van der Waals surface area contributed by atoms with Gasteiger partial charge in [0.15, 0.2) is 0 Å². The summed E-state index contributed by atoms with van der Waals surface area (Å²) in [6.07, 6.45) is 1.13. The first-order valence-electron chi connectivity index (χ1n) is 10.5.